The Kier molecular flexibility index (Phi) is 6.92. The van der Waals surface area contributed by atoms with Crippen molar-refractivity contribution in [2.24, 2.45) is 0 Å². The summed E-state index contributed by atoms with van der Waals surface area (Å²) < 4.78 is 0. The molecular formula is C43H38O. The number of rotatable bonds is 9. The Balaban J connectivity index is 1.31. The molecule has 1 nitrogen and oxygen atoms in total. The van der Waals surface area contributed by atoms with Gasteiger partial charge in [-0.25, -0.2) is 0 Å². The molecule has 1 aliphatic rings. The summed E-state index contributed by atoms with van der Waals surface area (Å²) in [6.45, 7) is 2.28. The minimum atomic E-state index is -0.630. The van der Waals surface area contributed by atoms with Crippen LogP contribution in [0.5, 0.6) is 0 Å². The van der Waals surface area contributed by atoms with Gasteiger partial charge < -0.3 is 5.11 Å². The summed E-state index contributed by atoms with van der Waals surface area (Å²) in [6.07, 6.45) is 8.25. The standard InChI is InChI=1S/C43H38O/c1-2-3-4-5-6-7-12-28-19-24-33(36-18-11-17-35-32-15-8-9-16-38(32)43(44)42(35)36)39(27-28)34-25-22-31-21-20-29-13-10-14-30-23-26-37(34)41(31)40(29)30/h8-11,13-27,43-44H,2-7,12H2,1H3. The molecule has 0 saturated carbocycles. The molecular weight excluding hydrogens is 532 g/mol. The molecule has 0 radical (unpaired) electrons. The van der Waals surface area contributed by atoms with E-state index >= 15 is 0 Å². The second-order valence-corrected chi connectivity index (χ2v) is 12.6. The van der Waals surface area contributed by atoms with E-state index in [4.69, 9.17) is 0 Å². The van der Waals surface area contributed by atoms with Crippen LogP contribution in [-0.4, -0.2) is 5.11 Å². The third-order valence-electron chi connectivity index (χ3n) is 9.94. The number of aliphatic hydroxyl groups excluding tert-OH is 1. The van der Waals surface area contributed by atoms with Crippen LogP contribution >= 0.6 is 0 Å². The smallest absolute Gasteiger partial charge is 0.106 e. The average Bonchev–Trinajstić information content (AvgIpc) is 3.37. The first-order valence-corrected chi connectivity index (χ1v) is 16.4. The van der Waals surface area contributed by atoms with Crippen LogP contribution in [0.15, 0.2) is 115 Å². The van der Waals surface area contributed by atoms with Gasteiger partial charge in [0.05, 0.1) is 0 Å². The van der Waals surface area contributed by atoms with Gasteiger partial charge in [-0.05, 0) is 89.7 Å². The molecule has 1 aliphatic carbocycles. The van der Waals surface area contributed by atoms with E-state index in [9.17, 15) is 5.11 Å². The van der Waals surface area contributed by atoms with Crippen molar-refractivity contribution in [2.75, 3.05) is 0 Å². The SMILES string of the molecule is CCCCCCCCc1ccc(-c2cccc3c2C(O)c2ccccc2-3)c(-c2ccc3ccc4cccc5ccc2c3c45)c1. The van der Waals surface area contributed by atoms with Crippen molar-refractivity contribution in [3.63, 3.8) is 0 Å². The third-order valence-corrected chi connectivity index (χ3v) is 9.94. The van der Waals surface area contributed by atoms with Gasteiger partial charge in [0, 0.05) is 5.56 Å². The van der Waals surface area contributed by atoms with E-state index in [-0.39, 0.29) is 0 Å². The summed E-state index contributed by atoms with van der Waals surface area (Å²) in [5, 5.41) is 19.5. The number of aliphatic hydroxyl groups is 1. The predicted molar refractivity (Wildman–Crippen MR) is 188 cm³/mol. The molecule has 1 atom stereocenters. The van der Waals surface area contributed by atoms with Crippen LogP contribution in [0.2, 0.25) is 0 Å². The number of unbranched alkanes of at least 4 members (excludes halogenated alkanes) is 5. The zero-order valence-electron chi connectivity index (χ0n) is 25.4. The number of hydrogen-bond donors (Lipinski definition) is 1. The molecule has 0 fully saturated rings. The molecule has 0 amide bonds. The summed E-state index contributed by atoms with van der Waals surface area (Å²) in [7, 11) is 0. The predicted octanol–water partition coefficient (Wildman–Crippen LogP) is 11.9. The van der Waals surface area contributed by atoms with Gasteiger partial charge in [-0.2, -0.15) is 0 Å². The fourth-order valence-corrected chi connectivity index (χ4v) is 7.75. The molecule has 1 heteroatoms. The van der Waals surface area contributed by atoms with Crippen molar-refractivity contribution in [1.29, 1.82) is 0 Å². The van der Waals surface area contributed by atoms with Crippen molar-refractivity contribution >= 4 is 32.3 Å². The van der Waals surface area contributed by atoms with Gasteiger partial charge in [-0.3, -0.25) is 0 Å². The van der Waals surface area contributed by atoms with Gasteiger partial charge in [0.1, 0.15) is 6.10 Å². The fourth-order valence-electron chi connectivity index (χ4n) is 7.75. The van der Waals surface area contributed by atoms with E-state index < -0.39 is 6.10 Å². The second kappa shape index (κ2) is 11.2. The Labute approximate surface area is 260 Å². The number of benzene rings is 7. The average molecular weight is 571 g/mol. The van der Waals surface area contributed by atoms with Crippen molar-refractivity contribution in [3.8, 4) is 33.4 Å². The maximum Gasteiger partial charge on any atom is 0.106 e. The Hall–Kier alpha value is -4.46. The van der Waals surface area contributed by atoms with E-state index in [1.165, 1.54) is 93.1 Å². The number of hydrogen-bond acceptors (Lipinski definition) is 1. The Morgan fingerprint density at radius 3 is 1.98 bits per heavy atom. The van der Waals surface area contributed by atoms with Gasteiger partial charge in [-0.15, -0.1) is 0 Å². The number of fused-ring (bicyclic) bond motifs is 3. The molecule has 0 heterocycles. The third kappa shape index (κ3) is 4.42. The van der Waals surface area contributed by atoms with Crippen molar-refractivity contribution < 1.29 is 5.11 Å². The van der Waals surface area contributed by atoms with E-state index in [2.05, 4.69) is 116 Å². The van der Waals surface area contributed by atoms with Gasteiger partial charge in [0.15, 0.2) is 0 Å². The molecule has 44 heavy (non-hydrogen) atoms. The lowest BCUT2D eigenvalue weighted by atomic mass is 9.84. The summed E-state index contributed by atoms with van der Waals surface area (Å²) in [5.74, 6) is 0. The van der Waals surface area contributed by atoms with E-state index in [0.29, 0.717) is 0 Å². The lowest BCUT2D eigenvalue weighted by Crippen LogP contribution is -1.99. The Bertz CT molecular complexity index is 2120. The minimum absolute atomic E-state index is 0.630. The highest BCUT2D eigenvalue weighted by molar-refractivity contribution is 6.25. The highest BCUT2D eigenvalue weighted by Gasteiger charge is 2.30. The molecule has 216 valence electrons. The monoisotopic (exact) mass is 570 g/mol. The summed E-state index contributed by atoms with van der Waals surface area (Å²) in [6, 6.07) is 42.3. The molecule has 8 rings (SSSR count). The first-order chi connectivity index (χ1) is 21.7. The second-order valence-electron chi connectivity index (χ2n) is 12.6. The largest absolute Gasteiger partial charge is 0.384 e. The fraction of sp³-hybridized carbons (Fsp3) is 0.209. The number of aryl methyl sites for hydroxylation is 1. The first kappa shape index (κ1) is 27.1. The summed E-state index contributed by atoms with van der Waals surface area (Å²) in [5.41, 5.74) is 10.5. The van der Waals surface area contributed by atoms with Crippen LogP contribution < -0.4 is 0 Å². The maximum atomic E-state index is 11.7. The molecule has 0 spiro atoms. The van der Waals surface area contributed by atoms with E-state index in [1.807, 2.05) is 6.07 Å². The van der Waals surface area contributed by atoms with Gasteiger partial charge in [-0.1, -0.05) is 154 Å². The molecule has 7 aromatic rings. The normalized spacial score (nSPS) is 14.1. The zero-order valence-corrected chi connectivity index (χ0v) is 25.4. The molecule has 0 aliphatic heterocycles. The van der Waals surface area contributed by atoms with Crippen LogP contribution in [0.25, 0.3) is 65.7 Å². The summed E-state index contributed by atoms with van der Waals surface area (Å²) in [4.78, 5) is 0. The Morgan fingerprint density at radius 2 is 1.14 bits per heavy atom. The van der Waals surface area contributed by atoms with Crippen molar-refractivity contribution in [2.45, 2.75) is 58.0 Å². The highest BCUT2D eigenvalue weighted by atomic mass is 16.3. The van der Waals surface area contributed by atoms with Crippen LogP contribution in [0.4, 0.5) is 0 Å². The Morgan fingerprint density at radius 1 is 0.500 bits per heavy atom. The van der Waals surface area contributed by atoms with Crippen molar-refractivity contribution in [1.82, 2.24) is 0 Å². The maximum absolute atomic E-state index is 11.7. The van der Waals surface area contributed by atoms with Gasteiger partial charge in [0.25, 0.3) is 0 Å². The molecule has 0 bridgehead atoms. The van der Waals surface area contributed by atoms with Crippen LogP contribution in [0.3, 0.4) is 0 Å². The lowest BCUT2D eigenvalue weighted by Gasteiger charge is -2.20. The van der Waals surface area contributed by atoms with Crippen molar-refractivity contribution in [3.05, 3.63) is 132 Å². The lowest BCUT2D eigenvalue weighted by molar-refractivity contribution is 0.226. The molecule has 0 saturated heterocycles. The molecule has 1 N–H and O–H groups in total. The topological polar surface area (TPSA) is 20.2 Å². The van der Waals surface area contributed by atoms with E-state index in [1.54, 1.807) is 0 Å². The van der Waals surface area contributed by atoms with E-state index in [0.717, 1.165) is 34.2 Å². The van der Waals surface area contributed by atoms with Gasteiger partial charge in [0.2, 0.25) is 0 Å². The molecule has 0 aromatic heterocycles. The minimum Gasteiger partial charge on any atom is -0.384 e. The van der Waals surface area contributed by atoms with Crippen LogP contribution in [0.1, 0.15) is 68.2 Å². The summed E-state index contributed by atoms with van der Waals surface area (Å²) >= 11 is 0. The molecule has 1 unspecified atom stereocenters. The quantitative estimate of drug-likeness (QED) is 0.135. The first-order valence-electron chi connectivity index (χ1n) is 16.4. The zero-order chi connectivity index (χ0) is 29.6. The van der Waals surface area contributed by atoms with Crippen LogP contribution in [-0.2, 0) is 6.42 Å². The molecule has 7 aromatic carbocycles. The highest BCUT2D eigenvalue weighted by Crippen LogP contribution is 2.50. The van der Waals surface area contributed by atoms with Gasteiger partial charge >= 0.3 is 0 Å². The van der Waals surface area contributed by atoms with Crippen LogP contribution in [0, 0.1) is 0 Å².